The van der Waals surface area contributed by atoms with E-state index in [0.717, 1.165) is 12.0 Å². The van der Waals surface area contributed by atoms with E-state index in [1.807, 2.05) is 13.0 Å². The molecular formula is C20H28N4O4S. The Morgan fingerprint density at radius 1 is 1.41 bits per heavy atom. The second kappa shape index (κ2) is 9.33. The summed E-state index contributed by atoms with van der Waals surface area (Å²) in [5.41, 5.74) is 0.946. The van der Waals surface area contributed by atoms with Crippen LogP contribution in [0.25, 0.3) is 0 Å². The molecular weight excluding hydrogens is 392 g/mol. The highest BCUT2D eigenvalue weighted by atomic mass is 32.1. The molecule has 0 aromatic carbocycles. The number of carboxylic acid groups (broad SMARTS) is 1. The maximum Gasteiger partial charge on any atom is 0.407 e. The molecule has 1 aromatic heterocycles. The van der Waals surface area contributed by atoms with E-state index in [9.17, 15) is 14.7 Å². The van der Waals surface area contributed by atoms with Gasteiger partial charge in [-0.3, -0.25) is 4.98 Å². The van der Waals surface area contributed by atoms with Gasteiger partial charge in [-0.15, -0.1) is 0 Å². The van der Waals surface area contributed by atoms with Crippen molar-refractivity contribution < 1.29 is 19.4 Å². The van der Waals surface area contributed by atoms with Crippen LogP contribution < -0.4 is 5.32 Å². The average Bonchev–Trinajstić information content (AvgIpc) is 2.60. The van der Waals surface area contributed by atoms with Crippen molar-refractivity contribution in [1.82, 2.24) is 15.2 Å². The van der Waals surface area contributed by atoms with Gasteiger partial charge >= 0.3 is 12.2 Å². The number of alkyl carbamates (subject to hydrolysis) is 1. The van der Waals surface area contributed by atoms with E-state index in [-0.39, 0.29) is 17.9 Å². The summed E-state index contributed by atoms with van der Waals surface area (Å²) in [5.74, 6) is 0.0424. The largest absolute Gasteiger partial charge is 0.465 e. The van der Waals surface area contributed by atoms with Gasteiger partial charge in [0, 0.05) is 13.2 Å². The lowest BCUT2D eigenvalue weighted by molar-refractivity contribution is 0.0375. The molecule has 1 saturated carbocycles. The summed E-state index contributed by atoms with van der Waals surface area (Å²) in [6.45, 7) is 7.34. The van der Waals surface area contributed by atoms with Crippen molar-refractivity contribution in [3.8, 4) is 0 Å². The second-order valence-electron chi connectivity index (χ2n) is 8.42. The van der Waals surface area contributed by atoms with Crippen LogP contribution in [-0.4, -0.2) is 57.1 Å². The summed E-state index contributed by atoms with van der Waals surface area (Å²) in [4.78, 5) is 33.5. The lowest BCUT2D eigenvalue weighted by Crippen LogP contribution is -2.58. The Morgan fingerprint density at radius 3 is 2.69 bits per heavy atom. The van der Waals surface area contributed by atoms with Crippen LogP contribution in [0.4, 0.5) is 15.3 Å². The minimum atomic E-state index is -1.04. The van der Waals surface area contributed by atoms with Gasteiger partial charge in [0.05, 0.1) is 29.1 Å². The summed E-state index contributed by atoms with van der Waals surface area (Å²) < 4.78 is 5.40. The number of nitrogens with one attached hydrogen (secondary N) is 1. The third-order valence-corrected chi connectivity index (χ3v) is 5.17. The molecule has 0 spiro atoms. The first-order chi connectivity index (χ1) is 13.5. The second-order valence-corrected chi connectivity index (χ2v) is 8.60. The van der Waals surface area contributed by atoms with Gasteiger partial charge in [0.1, 0.15) is 5.60 Å². The van der Waals surface area contributed by atoms with Crippen molar-refractivity contribution in [2.45, 2.75) is 64.1 Å². The van der Waals surface area contributed by atoms with Crippen LogP contribution in [0.15, 0.2) is 23.5 Å². The Balaban J connectivity index is 2.34. The molecule has 1 fully saturated rings. The molecule has 0 aliphatic heterocycles. The standard InChI is InChI=1S/C20H28N4O4S/c1-12-8-13(14-6-7-21-10-16(14)22-11-29)9-15(17(12)24(5)19(26)27)23-18(25)28-20(2,3)4/h6-7,10,12-13,15,17H,8-9H2,1-5H3,(H,23,25)(H,26,27)/t12-,13+,15-,17-/m0/s1. The molecule has 0 saturated heterocycles. The van der Waals surface area contributed by atoms with Gasteiger partial charge in [-0.05, 0) is 69.3 Å². The highest BCUT2D eigenvalue weighted by Crippen LogP contribution is 2.41. The van der Waals surface area contributed by atoms with E-state index < -0.39 is 23.8 Å². The fraction of sp³-hybridized carbons (Fsp3) is 0.600. The Kier molecular flexibility index (Phi) is 7.32. The fourth-order valence-corrected chi connectivity index (χ4v) is 4.15. The van der Waals surface area contributed by atoms with Gasteiger partial charge in [-0.1, -0.05) is 6.92 Å². The van der Waals surface area contributed by atoms with Gasteiger partial charge in [0.2, 0.25) is 0 Å². The number of aromatic nitrogens is 1. The van der Waals surface area contributed by atoms with Gasteiger partial charge in [0.25, 0.3) is 0 Å². The van der Waals surface area contributed by atoms with Crippen molar-refractivity contribution >= 4 is 35.3 Å². The van der Waals surface area contributed by atoms with Gasteiger partial charge in [-0.25, -0.2) is 9.59 Å². The third kappa shape index (κ3) is 5.98. The van der Waals surface area contributed by atoms with Crippen molar-refractivity contribution in [1.29, 1.82) is 0 Å². The van der Waals surface area contributed by atoms with E-state index in [0.29, 0.717) is 12.1 Å². The summed E-state index contributed by atoms with van der Waals surface area (Å²) >= 11 is 4.74. The van der Waals surface area contributed by atoms with Gasteiger partial charge in [0.15, 0.2) is 0 Å². The number of pyridine rings is 1. The van der Waals surface area contributed by atoms with Crippen molar-refractivity contribution in [3.63, 3.8) is 0 Å². The number of hydrogen-bond donors (Lipinski definition) is 2. The van der Waals surface area contributed by atoms with E-state index >= 15 is 0 Å². The molecule has 158 valence electrons. The quantitative estimate of drug-likeness (QED) is 0.559. The van der Waals surface area contributed by atoms with Crippen LogP contribution in [0, 0.1) is 5.92 Å². The number of likely N-dealkylation sites (N-methyl/N-ethyl adjacent to an activating group) is 1. The topological polar surface area (TPSA) is 104 Å². The summed E-state index contributed by atoms with van der Waals surface area (Å²) in [7, 11) is 1.53. The maximum atomic E-state index is 12.4. The van der Waals surface area contributed by atoms with E-state index in [2.05, 4.69) is 20.5 Å². The molecule has 1 aliphatic carbocycles. The number of ether oxygens (including phenoxy) is 1. The number of carbonyl (C=O) groups excluding carboxylic acids is 1. The van der Waals surface area contributed by atoms with Crippen molar-refractivity contribution in [3.05, 3.63) is 24.0 Å². The number of isothiocyanates is 1. The average molecular weight is 421 g/mol. The van der Waals surface area contributed by atoms with Gasteiger partial charge in [-0.2, -0.15) is 4.99 Å². The van der Waals surface area contributed by atoms with Crippen LogP contribution in [0.3, 0.4) is 0 Å². The van der Waals surface area contributed by atoms with Crippen LogP contribution in [0.1, 0.15) is 52.0 Å². The Labute approximate surface area is 176 Å². The highest BCUT2D eigenvalue weighted by molar-refractivity contribution is 7.78. The van der Waals surface area contributed by atoms with E-state index in [1.54, 1.807) is 33.2 Å². The minimum absolute atomic E-state index is 0.00716. The molecule has 0 unspecified atom stereocenters. The first-order valence-corrected chi connectivity index (χ1v) is 9.91. The lowest BCUT2D eigenvalue weighted by atomic mass is 9.72. The first-order valence-electron chi connectivity index (χ1n) is 9.50. The molecule has 1 aliphatic rings. The van der Waals surface area contributed by atoms with Crippen molar-refractivity contribution in [2.24, 2.45) is 10.9 Å². The van der Waals surface area contributed by atoms with Crippen molar-refractivity contribution in [2.75, 3.05) is 7.05 Å². The molecule has 2 amide bonds. The Bertz CT molecular complexity index is 804. The zero-order valence-electron chi connectivity index (χ0n) is 17.4. The zero-order valence-corrected chi connectivity index (χ0v) is 18.2. The number of carbonyl (C=O) groups is 2. The monoisotopic (exact) mass is 420 g/mol. The third-order valence-electron chi connectivity index (χ3n) is 5.08. The summed E-state index contributed by atoms with van der Waals surface area (Å²) in [5, 5.41) is 14.8. The highest BCUT2D eigenvalue weighted by Gasteiger charge is 2.41. The molecule has 2 rings (SSSR count). The van der Waals surface area contributed by atoms with E-state index in [1.165, 1.54) is 11.9 Å². The number of nitrogens with zero attached hydrogens (tertiary/aromatic N) is 3. The molecule has 8 nitrogen and oxygen atoms in total. The molecule has 2 N–H and O–H groups in total. The molecule has 0 bridgehead atoms. The number of aliphatic imine (C=N–C) groups is 1. The molecule has 1 aromatic rings. The Morgan fingerprint density at radius 2 is 2.10 bits per heavy atom. The van der Waals surface area contributed by atoms with E-state index in [4.69, 9.17) is 17.0 Å². The molecule has 0 radical (unpaired) electrons. The number of amides is 2. The fourth-order valence-electron chi connectivity index (χ4n) is 4.05. The first kappa shape index (κ1) is 22.8. The molecule has 1 heterocycles. The predicted molar refractivity (Wildman–Crippen MR) is 113 cm³/mol. The Hall–Kier alpha value is -2.51. The molecule has 9 heteroatoms. The maximum absolute atomic E-state index is 12.4. The summed E-state index contributed by atoms with van der Waals surface area (Å²) in [6.07, 6.45) is 2.99. The van der Waals surface area contributed by atoms with Crippen LogP contribution in [0.5, 0.6) is 0 Å². The minimum Gasteiger partial charge on any atom is -0.465 e. The number of thiocarbonyl (C=S) groups is 1. The summed E-state index contributed by atoms with van der Waals surface area (Å²) in [6, 6.07) is 1.09. The number of rotatable bonds is 4. The lowest BCUT2D eigenvalue weighted by Gasteiger charge is -2.44. The van der Waals surface area contributed by atoms with Crippen LogP contribution >= 0.6 is 12.2 Å². The van der Waals surface area contributed by atoms with Gasteiger partial charge < -0.3 is 20.1 Å². The smallest absolute Gasteiger partial charge is 0.407 e. The normalized spacial score (nSPS) is 24.2. The zero-order chi connectivity index (χ0) is 21.8. The predicted octanol–water partition coefficient (Wildman–Crippen LogP) is 4.20. The van der Waals surface area contributed by atoms with Crippen LogP contribution in [0.2, 0.25) is 0 Å². The molecule has 29 heavy (non-hydrogen) atoms. The SMILES string of the molecule is C[C@H]1C[C@@H](c2ccncc2N=C=S)C[C@H](NC(=O)OC(C)(C)C)[C@H]1N(C)C(=O)O. The molecule has 4 atom stereocenters. The van der Waals surface area contributed by atoms with Crippen LogP contribution in [-0.2, 0) is 4.74 Å². The number of hydrogen-bond acceptors (Lipinski definition) is 6.